The van der Waals surface area contributed by atoms with Crippen LogP contribution in [0.5, 0.6) is 0 Å². The smallest absolute Gasteiger partial charge is 0.0991 e. The summed E-state index contributed by atoms with van der Waals surface area (Å²) in [7, 11) is 0. The third-order valence-electron chi connectivity index (χ3n) is 2.19. The number of rotatable bonds is 1. The maximum Gasteiger partial charge on any atom is 0.0991 e. The van der Waals surface area contributed by atoms with Gasteiger partial charge in [0.2, 0.25) is 0 Å². The second-order valence-electron chi connectivity index (χ2n) is 3.14. The lowest BCUT2D eigenvalue weighted by molar-refractivity contribution is 1.42. The molecule has 2 heteroatoms. The van der Waals surface area contributed by atoms with Crippen molar-refractivity contribution >= 4 is 22.4 Å². The maximum atomic E-state index is 8.73. The Labute approximate surface area is 87.5 Å². The monoisotopic (exact) mass is 201 g/mol. The Bertz CT molecular complexity index is 511. The lowest BCUT2D eigenvalue weighted by Crippen LogP contribution is -1.80. The van der Waals surface area contributed by atoms with Gasteiger partial charge in [0.25, 0.3) is 0 Å². The molecule has 0 N–H and O–H groups in total. The lowest BCUT2D eigenvalue weighted by Gasteiger charge is -2.00. The standard InChI is InChI=1S/C12H8ClN/c13-7-9-1-3-12-6-10(8-14)2-4-11(12)5-9/h1-6H,7H2. The van der Waals surface area contributed by atoms with Gasteiger partial charge < -0.3 is 0 Å². The number of hydrogen-bond acceptors (Lipinski definition) is 1. The molecule has 0 saturated carbocycles. The number of fused-ring (bicyclic) bond motifs is 1. The van der Waals surface area contributed by atoms with E-state index in [2.05, 4.69) is 6.07 Å². The predicted octanol–water partition coefficient (Wildman–Crippen LogP) is 3.45. The van der Waals surface area contributed by atoms with Gasteiger partial charge in [-0.25, -0.2) is 0 Å². The molecule has 0 aromatic heterocycles. The van der Waals surface area contributed by atoms with Crippen molar-refractivity contribution in [3.63, 3.8) is 0 Å². The molecule has 0 radical (unpaired) electrons. The van der Waals surface area contributed by atoms with Crippen LogP contribution in [-0.2, 0) is 5.88 Å². The molecule has 0 aliphatic rings. The van der Waals surface area contributed by atoms with Crippen molar-refractivity contribution in [3.8, 4) is 6.07 Å². The molecule has 2 aromatic rings. The SMILES string of the molecule is N#Cc1ccc2cc(CCl)ccc2c1. The van der Waals surface area contributed by atoms with Crippen LogP contribution in [0.3, 0.4) is 0 Å². The number of benzene rings is 2. The van der Waals surface area contributed by atoms with Crippen LogP contribution in [0.1, 0.15) is 11.1 Å². The average Bonchev–Trinajstić information content (AvgIpc) is 2.27. The van der Waals surface area contributed by atoms with E-state index in [0.29, 0.717) is 11.4 Å². The normalized spacial score (nSPS) is 10.0. The van der Waals surface area contributed by atoms with Crippen molar-refractivity contribution < 1.29 is 0 Å². The fourth-order valence-electron chi connectivity index (χ4n) is 1.45. The average molecular weight is 202 g/mol. The summed E-state index contributed by atoms with van der Waals surface area (Å²) < 4.78 is 0. The fourth-order valence-corrected chi connectivity index (χ4v) is 1.61. The Morgan fingerprint density at radius 1 is 1.07 bits per heavy atom. The number of halogens is 1. The van der Waals surface area contributed by atoms with Crippen molar-refractivity contribution in [2.75, 3.05) is 0 Å². The zero-order valence-electron chi connectivity index (χ0n) is 7.50. The first-order chi connectivity index (χ1) is 6.83. The molecule has 0 aliphatic carbocycles. The molecule has 0 fully saturated rings. The van der Waals surface area contributed by atoms with Gasteiger partial charge in [0.15, 0.2) is 0 Å². The third-order valence-corrected chi connectivity index (χ3v) is 2.50. The summed E-state index contributed by atoms with van der Waals surface area (Å²) in [4.78, 5) is 0. The van der Waals surface area contributed by atoms with E-state index in [9.17, 15) is 0 Å². The van der Waals surface area contributed by atoms with Crippen LogP contribution < -0.4 is 0 Å². The van der Waals surface area contributed by atoms with Gasteiger partial charge in [-0.15, -0.1) is 11.6 Å². The molecule has 14 heavy (non-hydrogen) atoms. The van der Waals surface area contributed by atoms with Crippen molar-refractivity contribution in [1.82, 2.24) is 0 Å². The molecular weight excluding hydrogens is 194 g/mol. The van der Waals surface area contributed by atoms with E-state index in [4.69, 9.17) is 16.9 Å². The summed E-state index contributed by atoms with van der Waals surface area (Å²) in [6, 6.07) is 13.8. The minimum Gasteiger partial charge on any atom is -0.192 e. The quantitative estimate of drug-likeness (QED) is 0.649. The van der Waals surface area contributed by atoms with E-state index in [1.165, 1.54) is 0 Å². The minimum atomic E-state index is 0.524. The van der Waals surface area contributed by atoms with Crippen LogP contribution in [0, 0.1) is 11.3 Å². The van der Waals surface area contributed by atoms with E-state index in [1.54, 1.807) is 0 Å². The molecule has 0 atom stereocenters. The zero-order chi connectivity index (χ0) is 9.97. The van der Waals surface area contributed by atoms with E-state index in [0.717, 1.165) is 16.3 Å². The number of nitrogens with zero attached hydrogens (tertiary/aromatic N) is 1. The van der Waals surface area contributed by atoms with Crippen LogP contribution in [0.4, 0.5) is 0 Å². The Morgan fingerprint density at radius 2 is 1.79 bits per heavy atom. The second-order valence-corrected chi connectivity index (χ2v) is 3.41. The summed E-state index contributed by atoms with van der Waals surface area (Å²) in [6.07, 6.45) is 0. The minimum absolute atomic E-state index is 0.524. The molecule has 68 valence electrons. The highest BCUT2D eigenvalue weighted by Crippen LogP contribution is 2.18. The summed E-state index contributed by atoms with van der Waals surface area (Å²) >= 11 is 5.73. The first kappa shape index (κ1) is 9.05. The van der Waals surface area contributed by atoms with Crippen LogP contribution in [-0.4, -0.2) is 0 Å². The molecule has 2 aromatic carbocycles. The molecule has 0 spiro atoms. The van der Waals surface area contributed by atoms with Crippen molar-refractivity contribution in [2.24, 2.45) is 0 Å². The van der Waals surface area contributed by atoms with Gasteiger partial charge in [0.05, 0.1) is 11.6 Å². The molecule has 0 amide bonds. The second kappa shape index (κ2) is 3.69. The van der Waals surface area contributed by atoms with Crippen molar-refractivity contribution in [2.45, 2.75) is 5.88 Å². The Hall–Kier alpha value is -1.52. The van der Waals surface area contributed by atoms with Crippen LogP contribution in [0.2, 0.25) is 0 Å². The molecular formula is C12H8ClN. The van der Waals surface area contributed by atoms with Gasteiger partial charge in [-0.1, -0.05) is 18.2 Å². The highest BCUT2D eigenvalue weighted by atomic mass is 35.5. The highest BCUT2D eigenvalue weighted by molar-refractivity contribution is 6.17. The van der Waals surface area contributed by atoms with Crippen LogP contribution in [0.25, 0.3) is 10.8 Å². The maximum absolute atomic E-state index is 8.73. The van der Waals surface area contributed by atoms with E-state index in [1.807, 2.05) is 36.4 Å². The number of nitriles is 1. The van der Waals surface area contributed by atoms with E-state index in [-0.39, 0.29) is 0 Å². The number of alkyl halides is 1. The highest BCUT2D eigenvalue weighted by Gasteiger charge is 1.97. The Kier molecular flexibility index (Phi) is 2.39. The Morgan fingerprint density at radius 3 is 2.50 bits per heavy atom. The lowest BCUT2D eigenvalue weighted by atomic mass is 10.1. The molecule has 2 rings (SSSR count). The fraction of sp³-hybridized carbons (Fsp3) is 0.0833. The largest absolute Gasteiger partial charge is 0.192 e. The van der Waals surface area contributed by atoms with Crippen molar-refractivity contribution in [1.29, 1.82) is 5.26 Å². The van der Waals surface area contributed by atoms with Gasteiger partial charge in [-0.05, 0) is 34.5 Å². The molecule has 0 heterocycles. The van der Waals surface area contributed by atoms with Gasteiger partial charge in [-0.3, -0.25) is 0 Å². The molecule has 0 unspecified atom stereocenters. The molecule has 0 saturated heterocycles. The number of hydrogen-bond donors (Lipinski definition) is 0. The summed E-state index contributed by atoms with van der Waals surface area (Å²) in [6.45, 7) is 0. The molecule has 0 aliphatic heterocycles. The summed E-state index contributed by atoms with van der Waals surface area (Å²) in [5, 5.41) is 10.9. The first-order valence-corrected chi connectivity index (χ1v) is 4.86. The van der Waals surface area contributed by atoms with Gasteiger partial charge >= 0.3 is 0 Å². The third kappa shape index (κ3) is 1.57. The Balaban J connectivity index is 2.64. The van der Waals surface area contributed by atoms with Crippen LogP contribution >= 0.6 is 11.6 Å². The molecule has 0 bridgehead atoms. The summed E-state index contributed by atoms with van der Waals surface area (Å²) in [5.41, 5.74) is 1.79. The van der Waals surface area contributed by atoms with Crippen LogP contribution in [0.15, 0.2) is 36.4 Å². The zero-order valence-corrected chi connectivity index (χ0v) is 8.25. The van der Waals surface area contributed by atoms with Gasteiger partial charge in [0.1, 0.15) is 0 Å². The first-order valence-electron chi connectivity index (χ1n) is 4.32. The van der Waals surface area contributed by atoms with Gasteiger partial charge in [0, 0.05) is 5.88 Å². The topological polar surface area (TPSA) is 23.8 Å². The van der Waals surface area contributed by atoms with E-state index < -0.39 is 0 Å². The summed E-state index contributed by atoms with van der Waals surface area (Å²) in [5.74, 6) is 0.524. The predicted molar refractivity (Wildman–Crippen MR) is 58.2 cm³/mol. The van der Waals surface area contributed by atoms with E-state index >= 15 is 0 Å². The van der Waals surface area contributed by atoms with Crippen molar-refractivity contribution in [3.05, 3.63) is 47.5 Å². The van der Waals surface area contributed by atoms with Gasteiger partial charge in [-0.2, -0.15) is 5.26 Å². The molecule has 1 nitrogen and oxygen atoms in total.